The molecule has 1 fully saturated rings. The number of piperidine rings is 1. The van der Waals surface area contributed by atoms with E-state index in [-0.39, 0.29) is 17.3 Å². The summed E-state index contributed by atoms with van der Waals surface area (Å²) in [6, 6.07) is 4.41. The van der Waals surface area contributed by atoms with Crippen LogP contribution in [-0.2, 0) is 11.6 Å². The molecule has 0 spiro atoms. The highest BCUT2D eigenvalue weighted by atomic mass is 19.4. The molecule has 1 aromatic rings. The number of halogens is 3. The lowest BCUT2D eigenvalue weighted by Crippen LogP contribution is -2.34. The molecule has 0 atom stereocenters. The molecule has 0 amide bonds. The van der Waals surface area contributed by atoms with Crippen LogP contribution >= 0.6 is 0 Å². The molecule has 0 unspecified atom stereocenters. The molecular formula is C16H22F3NO. The number of benzene rings is 1. The fraction of sp³-hybridized carbons (Fsp3) is 0.625. The van der Waals surface area contributed by atoms with Crippen molar-refractivity contribution in [2.24, 2.45) is 0 Å². The van der Waals surface area contributed by atoms with E-state index in [0.29, 0.717) is 5.56 Å². The lowest BCUT2D eigenvalue weighted by atomic mass is 9.86. The molecule has 0 aliphatic carbocycles. The van der Waals surface area contributed by atoms with E-state index in [2.05, 4.69) is 5.32 Å². The zero-order chi connectivity index (χ0) is 15.7. The topological polar surface area (TPSA) is 21.3 Å². The van der Waals surface area contributed by atoms with E-state index in [1.54, 1.807) is 6.07 Å². The zero-order valence-corrected chi connectivity index (χ0v) is 12.7. The second-order valence-electron chi connectivity index (χ2n) is 6.53. The van der Waals surface area contributed by atoms with Gasteiger partial charge in [-0.3, -0.25) is 0 Å². The van der Waals surface area contributed by atoms with Crippen LogP contribution in [0.15, 0.2) is 18.2 Å². The Kier molecular flexibility index (Phi) is 4.51. The van der Waals surface area contributed by atoms with Crippen molar-refractivity contribution in [1.82, 2.24) is 5.32 Å². The summed E-state index contributed by atoms with van der Waals surface area (Å²) in [4.78, 5) is 0. The van der Waals surface area contributed by atoms with Gasteiger partial charge in [0.1, 0.15) is 11.9 Å². The highest BCUT2D eigenvalue weighted by molar-refractivity contribution is 5.41. The van der Waals surface area contributed by atoms with Crippen LogP contribution in [0.5, 0.6) is 5.75 Å². The van der Waals surface area contributed by atoms with Crippen LogP contribution in [0.3, 0.4) is 0 Å². The first-order valence-electron chi connectivity index (χ1n) is 7.27. The number of hydrogen-bond acceptors (Lipinski definition) is 2. The van der Waals surface area contributed by atoms with Gasteiger partial charge in [-0.25, -0.2) is 0 Å². The van der Waals surface area contributed by atoms with Gasteiger partial charge >= 0.3 is 6.18 Å². The number of rotatable bonds is 2. The zero-order valence-electron chi connectivity index (χ0n) is 12.7. The summed E-state index contributed by atoms with van der Waals surface area (Å²) < 4.78 is 45.5. The van der Waals surface area contributed by atoms with Crippen molar-refractivity contribution < 1.29 is 17.9 Å². The van der Waals surface area contributed by atoms with Crippen LogP contribution in [0.4, 0.5) is 13.2 Å². The molecule has 1 aliphatic rings. The average molecular weight is 301 g/mol. The van der Waals surface area contributed by atoms with Crippen LogP contribution in [0, 0.1) is 0 Å². The second-order valence-corrected chi connectivity index (χ2v) is 6.53. The molecular weight excluding hydrogens is 279 g/mol. The van der Waals surface area contributed by atoms with Gasteiger partial charge in [0, 0.05) is 0 Å². The third-order valence-electron chi connectivity index (χ3n) is 3.73. The monoisotopic (exact) mass is 301 g/mol. The number of hydrogen-bond donors (Lipinski definition) is 1. The minimum absolute atomic E-state index is 0.0533. The van der Waals surface area contributed by atoms with Crippen LogP contribution in [0.1, 0.15) is 44.7 Å². The van der Waals surface area contributed by atoms with Crippen molar-refractivity contribution in [3.8, 4) is 5.75 Å². The van der Waals surface area contributed by atoms with Crippen molar-refractivity contribution in [1.29, 1.82) is 0 Å². The molecule has 2 rings (SSSR count). The molecule has 0 saturated carbocycles. The predicted molar refractivity (Wildman–Crippen MR) is 76.7 cm³/mol. The highest BCUT2D eigenvalue weighted by Gasteiger charge is 2.36. The number of nitrogens with one attached hydrogen (secondary N) is 1. The van der Waals surface area contributed by atoms with Gasteiger partial charge in [0.15, 0.2) is 0 Å². The van der Waals surface area contributed by atoms with Crippen LogP contribution in [-0.4, -0.2) is 19.2 Å². The first-order valence-corrected chi connectivity index (χ1v) is 7.27. The predicted octanol–water partition coefficient (Wildman–Crippen LogP) is 4.13. The fourth-order valence-corrected chi connectivity index (χ4v) is 2.41. The van der Waals surface area contributed by atoms with E-state index in [4.69, 9.17) is 4.74 Å². The van der Waals surface area contributed by atoms with Crippen LogP contribution in [0.2, 0.25) is 0 Å². The maximum atomic E-state index is 13.3. The van der Waals surface area contributed by atoms with Crippen molar-refractivity contribution >= 4 is 0 Å². The summed E-state index contributed by atoms with van der Waals surface area (Å²) in [5, 5.41) is 3.17. The van der Waals surface area contributed by atoms with E-state index in [9.17, 15) is 13.2 Å². The Bertz CT molecular complexity index is 485. The number of ether oxygens (including phenoxy) is 1. The largest absolute Gasteiger partial charge is 0.490 e. The summed E-state index contributed by atoms with van der Waals surface area (Å²) >= 11 is 0. The lowest BCUT2D eigenvalue weighted by molar-refractivity contribution is -0.139. The minimum atomic E-state index is -4.40. The Morgan fingerprint density at radius 2 is 1.71 bits per heavy atom. The van der Waals surface area contributed by atoms with E-state index >= 15 is 0 Å². The van der Waals surface area contributed by atoms with Gasteiger partial charge in [-0.05, 0) is 49.0 Å². The molecule has 118 valence electrons. The van der Waals surface area contributed by atoms with Crippen molar-refractivity contribution in [3.63, 3.8) is 0 Å². The Hall–Kier alpha value is -1.23. The van der Waals surface area contributed by atoms with Gasteiger partial charge in [-0.2, -0.15) is 13.2 Å². The van der Waals surface area contributed by atoms with Gasteiger partial charge in [0.05, 0.1) is 5.56 Å². The Labute approximate surface area is 123 Å². The Balaban J connectivity index is 2.31. The summed E-state index contributed by atoms with van der Waals surface area (Å²) in [6.07, 6.45) is -3.08. The molecule has 21 heavy (non-hydrogen) atoms. The van der Waals surface area contributed by atoms with Crippen molar-refractivity contribution in [3.05, 3.63) is 29.3 Å². The molecule has 0 bridgehead atoms. The molecule has 1 heterocycles. The van der Waals surface area contributed by atoms with E-state index in [1.165, 1.54) is 12.1 Å². The van der Waals surface area contributed by atoms with Gasteiger partial charge in [0.2, 0.25) is 0 Å². The molecule has 0 aromatic heterocycles. The minimum Gasteiger partial charge on any atom is -0.490 e. The highest BCUT2D eigenvalue weighted by Crippen LogP contribution is 2.39. The molecule has 1 saturated heterocycles. The summed E-state index contributed by atoms with van der Waals surface area (Å²) in [5.74, 6) is -0.0533. The third kappa shape index (κ3) is 4.13. The van der Waals surface area contributed by atoms with E-state index in [0.717, 1.165) is 25.9 Å². The second kappa shape index (κ2) is 5.87. The summed E-state index contributed by atoms with van der Waals surface area (Å²) in [6.45, 7) is 7.26. The summed E-state index contributed by atoms with van der Waals surface area (Å²) in [5.41, 5.74) is -0.339. The van der Waals surface area contributed by atoms with Gasteiger partial charge < -0.3 is 10.1 Å². The maximum absolute atomic E-state index is 13.3. The maximum Gasteiger partial charge on any atom is 0.419 e. The van der Waals surface area contributed by atoms with Crippen molar-refractivity contribution in [2.75, 3.05) is 13.1 Å². The smallest absolute Gasteiger partial charge is 0.419 e. The number of alkyl halides is 3. The molecule has 2 nitrogen and oxygen atoms in total. The Morgan fingerprint density at radius 1 is 1.10 bits per heavy atom. The normalized spacial score (nSPS) is 17.8. The van der Waals surface area contributed by atoms with Gasteiger partial charge in [-0.1, -0.05) is 26.8 Å². The quantitative estimate of drug-likeness (QED) is 0.886. The average Bonchev–Trinajstić information content (AvgIpc) is 2.38. The summed E-state index contributed by atoms with van der Waals surface area (Å²) in [7, 11) is 0. The standard InChI is InChI=1S/C16H22F3NO/c1-15(2,3)11-4-5-14(13(10-11)16(17,18)19)21-12-6-8-20-9-7-12/h4-5,10,12,20H,6-9H2,1-3H3. The SMILES string of the molecule is CC(C)(C)c1ccc(OC2CCNCC2)c(C(F)(F)F)c1. The molecule has 1 N–H and O–H groups in total. The molecule has 5 heteroatoms. The van der Waals surface area contributed by atoms with Crippen LogP contribution in [0.25, 0.3) is 0 Å². The van der Waals surface area contributed by atoms with Crippen LogP contribution < -0.4 is 10.1 Å². The van der Waals surface area contributed by atoms with Gasteiger partial charge in [0.25, 0.3) is 0 Å². The Morgan fingerprint density at radius 3 is 2.24 bits per heavy atom. The fourth-order valence-electron chi connectivity index (χ4n) is 2.41. The molecule has 1 aromatic carbocycles. The van der Waals surface area contributed by atoms with E-state index < -0.39 is 11.7 Å². The molecule has 0 radical (unpaired) electrons. The first kappa shape index (κ1) is 16.1. The lowest BCUT2D eigenvalue weighted by Gasteiger charge is -2.27. The van der Waals surface area contributed by atoms with E-state index in [1.807, 2.05) is 20.8 Å². The third-order valence-corrected chi connectivity index (χ3v) is 3.73. The first-order chi connectivity index (χ1) is 9.68. The molecule has 1 aliphatic heterocycles. The van der Waals surface area contributed by atoms with Crippen molar-refractivity contribution in [2.45, 2.75) is 51.3 Å². The van der Waals surface area contributed by atoms with Gasteiger partial charge in [-0.15, -0.1) is 0 Å².